The molecule has 1 aliphatic heterocycles. The van der Waals surface area contributed by atoms with Crippen molar-refractivity contribution in [1.29, 1.82) is 0 Å². The highest BCUT2D eigenvalue weighted by Crippen LogP contribution is 2.41. The van der Waals surface area contributed by atoms with Crippen LogP contribution in [0, 0.1) is 0 Å². The van der Waals surface area contributed by atoms with Crippen molar-refractivity contribution in [1.82, 2.24) is 9.55 Å². The molecule has 2 aromatic rings. The molecule has 1 fully saturated rings. The monoisotopic (exact) mass is 316 g/mol. The van der Waals surface area contributed by atoms with Crippen LogP contribution in [-0.2, 0) is 4.79 Å². The topological polar surface area (TPSA) is 73.6 Å². The number of carboxylic acid groups (broad SMARTS) is 1. The molecule has 6 heteroatoms. The van der Waals surface area contributed by atoms with Crippen LogP contribution >= 0.6 is 0 Å². The number of benzene rings is 1. The van der Waals surface area contributed by atoms with Crippen molar-refractivity contribution >= 4 is 17.0 Å². The average molecular weight is 316 g/mol. The Bertz CT molecular complexity index is 764. The molecule has 1 aromatic carbocycles. The zero-order chi connectivity index (χ0) is 16.0. The average Bonchev–Trinajstić information content (AvgIpc) is 2.82. The molecule has 1 N–H and O–H groups in total. The summed E-state index contributed by atoms with van der Waals surface area (Å²) in [5, 5.41) is 9.64. The van der Waals surface area contributed by atoms with Gasteiger partial charge < -0.3 is 19.1 Å². The summed E-state index contributed by atoms with van der Waals surface area (Å²) >= 11 is 0. The Morgan fingerprint density at radius 3 is 2.61 bits per heavy atom. The van der Waals surface area contributed by atoms with Crippen LogP contribution in [0.4, 0.5) is 0 Å². The van der Waals surface area contributed by atoms with Crippen LogP contribution in [0.15, 0.2) is 12.1 Å². The van der Waals surface area contributed by atoms with Crippen LogP contribution in [0.5, 0.6) is 11.5 Å². The largest absolute Gasteiger partial charge is 0.486 e. The van der Waals surface area contributed by atoms with E-state index in [1.165, 1.54) is 6.42 Å². The van der Waals surface area contributed by atoms with Gasteiger partial charge in [-0.05, 0) is 19.3 Å². The summed E-state index contributed by atoms with van der Waals surface area (Å²) in [5.74, 6) is 1.79. The van der Waals surface area contributed by atoms with Crippen LogP contribution in [0.25, 0.3) is 11.0 Å². The van der Waals surface area contributed by atoms with Crippen molar-refractivity contribution < 1.29 is 19.4 Å². The van der Waals surface area contributed by atoms with E-state index in [0.717, 1.165) is 29.7 Å². The summed E-state index contributed by atoms with van der Waals surface area (Å²) in [7, 11) is 0. The summed E-state index contributed by atoms with van der Waals surface area (Å²) in [6, 6.07) is 3.15. The van der Waals surface area contributed by atoms with Gasteiger partial charge in [0.1, 0.15) is 25.1 Å². The van der Waals surface area contributed by atoms with E-state index in [4.69, 9.17) is 14.5 Å². The first-order valence-electron chi connectivity index (χ1n) is 8.23. The Hall–Kier alpha value is -2.24. The lowest BCUT2D eigenvalue weighted by molar-refractivity contribution is -0.141. The fourth-order valence-electron chi connectivity index (χ4n) is 3.40. The molecule has 4 rings (SSSR count). The van der Waals surface area contributed by atoms with Gasteiger partial charge in [-0.25, -0.2) is 9.78 Å². The van der Waals surface area contributed by atoms with Gasteiger partial charge in [0.25, 0.3) is 0 Å². The number of nitrogens with zero attached hydrogens (tertiary/aromatic N) is 2. The molecule has 0 radical (unpaired) electrons. The van der Waals surface area contributed by atoms with Gasteiger partial charge in [-0.1, -0.05) is 13.3 Å². The number of aliphatic carboxylic acids is 1. The molecule has 0 saturated heterocycles. The Balaban J connectivity index is 1.93. The predicted molar refractivity (Wildman–Crippen MR) is 84.3 cm³/mol. The van der Waals surface area contributed by atoms with Crippen LogP contribution in [0.1, 0.15) is 50.4 Å². The van der Waals surface area contributed by atoms with Crippen molar-refractivity contribution in [2.75, 3.05) is 13.2 Å². The Kier molecular flexibility index (Phi) is 3.39. The molecule has 1 aromatic heterocycles. The Morgan fingerprint density at radius 2 is 2.04 bits per heavy atom. The number of aromatic nitrogens is 2. The first kappa shape index (κ1) is 14.4. The highest BCUT2D eigenvalue weighted by atomic mass is 16.6. The van der Waals surface area contributed by atoms with Crippen molar-refractivity contribution in [3.8, 4) is 11.5 Å². The molecule has 0 spiro atoms. The second-order valence-electron chi connectivity index (χ2n) is 6.21. The number of fused-ring (bicyclic) bond motifs is 2. The van der Waals surface area contributed by atoms with Gasteiger partial charge in [0.15, 0.2) is 11.5 Å². The SMILES string of the molecule is CCC(C(=O)O)n1c(C2CCC2)nc2cc3c(cc21)OCCO3. The lowest BCUT2D eigenvalue weighted by Crippen LogP contribution is -2.24. The highest BCUT2D eigenvalue weighted by molar-refractivity contribution is 5.83. The zero-order valence-corrected chi connectivity index (χ0v) is 13.1. The highest BCUT2D eigenvalue weighted by Gasteiger charge is 2.31. The van der Waals surface area contributed by atoms with E-state index in [2.05, 4.69) is 0 Å². The third-order valence-electron chi connectivity index (χ3n) is 4.83. The third-order valence-corrected chi connectivity index (χ3v) is 4.83. The quantitative estimate of drug-likeness (QED) is 0.938. The molecule has 0 bridgehead atoms. The number of rotatable bonds is 4. The number of carboxylic acids is 1. The number of ether oxygens (including phenoxy) is 2. The van der Waals surface area contributed by atoms with Gasteiger partial charge in [0.2, 0.25) is 0 Å². The molecular formula is C17H20N2O4. The van der Waals surface area contributed by atoms with Crippen LogP contribution < -0.4 is 9.47 Å². The molecule has 1 unspecified atom stereocenters. The fourth-order valence-corrected chi connectivity index (χ4v) is 3.40. The first-order chi connectivity index (χ1) is 11.2. The lowest BCUT2D eigenvalue weighted by Gasteiger charge is -2.27. The number of hydrogen-bond donors (Lipinski definition) is 1. The van der Waals surface area contributed by atoms with Gasteiger partial charge >= 0.3 is 5.97 Å². The Labute approximate surface area is 134 Å². The van der Waals surface area contributed by atoms with Crippen LogP contribution in [-0.4, -0.2) is 33.8 Å². The molecular weight excluding hydrogens is 296 g/mol. The molecule has 1 atom stereocenters. The predicted octanol–water partition coefficient (Wildman–Crippen LogP) is 3.11. The maximum absolute atomic E-state index is 11.7. The summed E-state index contributed by atoms with van der Waals surface area (Å²) in [6.07, 6.45) is 3.85. The zero-order valence-electron chi connectivity index (χ0n) is 13.1. The molecule has 6 nitrogen and oxygen atoms in total. The molecule has 1 aliphatic carbocycles. The van der Waals surface area contributed by atoms with E-state index < -0.39 is 12.0 Å². The summed E-state index contributed by atoms with van der Waals surface area (Å²) in [6.45, 7) is 2.94. The van der Waals surface area contributed by atoms with Gasteiger partial charge in [0.05, 0.1) is 11.0 Å². The maximum atomic E-state index is 11.7. The van der Waals surface area contributed by atoms with E-state index in [-0.39, 0.29) is 0 Å². The minimum absolute atomic E-state index is 0.356. The third kappa shape index (κ3) is 2.24. The molecule has 0 amide bonds. The van der Waals surface area contributed by atoms with E-state index >= 15 is 0 Å². The van der Waals surface area contributed by atoms with Gasteiger partial charge in [-0.3, -0.25) is 0 Å². The molecule has 1 saturated carbocycles. The van der Waals surface area contributed by atoms with E-state index in [9.17, 15) is 9.90 Å². The second-order valence-corrected chi connectivity index (χ2v) is 6.21. The first-order valence-corrected chi connectivity index (χ1v) is 8.23. The molecule has 23 heavy (non-hydrogen) atoms. The molecule has 2 aliphatic rings. The minimum atomic E-state index is -0.817. The van der Waals surface area contributed by atoms with Gasteiger partial charge in [-0.2, -0.15) is 0 Å². The number of imidazole rings is 1. The standard InChI is InChI=1S/C17H20N2O4/c1-2-12(17(20)21)19-13-9-15-14(22-6-7-23-15)8-11(13)18-16(19)10-4-3-5-10/h8-10,12H,2-7H2,1H3,(H,20,21). The second kappa shape index (κ2) is 5.44. The number of carbonyl (C=O) groups is 1. The smallest absolute Gasteiger partial charge is 0.326 e. The maximum Gasteiger partial charge on any atom is 0.326 e. The van der Waals surface area contributed by atoms with Crippen LogP contribution in [0.3, 0.4) is 0 Å². The van der Waals surface area contributed by atoms with E-state index in [1.54, 1.807) is 0 Å². The van der Waals surface area contributed by atoms with E-state index in [0.29, 0.717) is 37.1 Å². The summed E-state index contributed by atoms with van der Waals surface area (Å²) in [4.78, 5) is 16.5. The van der Waals surface area contributed by atoms with E-state index in [1.807, 2.05) is 23.6 Å². The molecule has 122 valence electrons. The van der Waals surface area contributed by atoms with Crippen molar-refractivity contribution in [3.63, 3.8) is 0 Å². The van der Waals surface area contributed by atoms with Gasteiger partial charge in [0, 0.05) is 18.1 Å². The molecule has 2 heterocycles. The van der Waals surface area contributed by atoms with Crippen molar-refractivity contribution in [3.05, 3.63) is 18.0 Å². The lowest BCUT2D eigenvalue weighted by atomic mass is 9.84. The number of hydrogen-bond acceptors (Lipinski definition) is 4. The fraction of sp³-hybridized carbons (Fsp3) is 0.529. The van der Waals surface area contributed by atoms with Crippen molar-refractivity contribution in [2.45, 2.75) is 44.6 Å². The normalized spacial score (nSPS) is 18.7. The van der Waals surface area contributed by atoms with Crippen molar-refractivity contribution in [2.24, 2.45) is 0 Å². The Morgan fingerprint density at radius 1 is 1.35 bits per heavy atom. The van der Waals surface area contributed by atoms with Gasteiger partial charge in [-0.15, -0.1) is 0 Å². The minimum Gasteiger partial charge on any atom is -0.486 e. The summed E-state index contributed by atoms with van der Waals surface area (Å²) in [5.41, 5.74) is 1.61. The van der Waals surface area contributed by atoms with Crippen LogP contribution in [0.2, 0.25) is 0 Å². The summed E-state index contributed by atoms with van der Waals surface area (Å²) < 4.78 is 13.2.